The van der Waals surface area contributed by atoms with Crippen LogP contribution in [-0.4, -0.2) is 58.9 Å². The lowest BCUT2D eigenvalue weighted by atomic mass is 9.79. The molecule has 7 rings (SSSR count). The van der Waals surface area contributed by atoms with Crippen LogP contribution in [0.25, 0.3) is 0 Å². The molecule has 3 aromatic rings. The van der Waals surface area contributed by atoms with Gasteiger partial charge in [-0.1, -0.05) is 76.6 Å². The lowest BCUT2D eigenvalue weighted by molar-refractivity contribution is -0.307. The Labute approximate surface area is 367 Å². The molecule has 2 aliphatic carbocycles. The Morgan fingerprint density at radius 2 is 1.80 bits per heavy atom. The van der Waals surface area contributed by atoms with Crippen LogP contribution in [0.4, 0.5) is 0 Å². The van der Waals surface area contributed by atoms with Gasteiger partial charge in [0.05, 0.1) is 31.0 Å². The number of carbonyl (C=O) groups excluding carboxylic acids is 1. The van der Waals surface area contributed by atoms with Gasteiger partial charge in [0.25, 0.3) is 0 Å². The average Bonchev–Trinajstić information content (AvgIpc) is 3.85. The molecule has 0 spiro atoms. The highest BCUT2D eigenvalue weighted by Gasteiger charge is 2.42. The van der Waals surface area contributed by atoms with Gasteiger partial charge in [0.15, 0.2) is 17.3 Å². The first kappa shape index (κ1) is 44.6. The molecule has 1 saturated carbocycles. The van der Waals surface area contributed by atoms with E-state index in [-0.39, 0.29) is 47.4 Å². The van der Waals surface area contributed by atoms with Crippen molar-refractivity contribution < 1.29 is 30.0 Å². The van der Waals surface area contributed by atoms with Crippen molar-refractivity contribution in [1.29, 1.82) is 0 Å². The molecule has 4 aliphatic rings. The molecule has 8 bridgehead atoms. The number of allylic oxidation sites excluding steroid dienone is 5. The van der Waals surface area contributed by atoms with Crippen molar-refractivity contribution in [2.45, 2.75) is 94.6 Å². The number of phenols is 2. The molecule has 2 heterocycles. The summed E-state index contributed by atoms with van der Waals surface area (Å²) in [5.41, 5.74) is 19.2. The number of fused-ring (bicyclic) bond motifs is 9. The third kappa shape index (κ3) is 11.1. The predicted octanol–water partition coefficient (Wildman–Crippen LogP) is 6.99. The summed E-state index contributed by atoms with van der Waals surface area (Å²) in [5, 5.41) is 51.1. The number of aryl methyl sites for hydroxylation is 1. The Morgan fingerprint density at radius 1 is 0.984 bits per heavy atom. The van der Waals surface area contributed by atoms with Crippen molar-refractivity contribution in [1.82, 2.24) is 5.32 Å². The lowest BCUT2D eigenvalue weighted by Crippen LogP contribution is -2.23. The zero-order valence-corrected chi connectivity index (χ0v) is 36.5. The minimum Gasteiger partial charge on any atom is -0.875 e. The quantitative estimate of drug-likeness (QED) is 0.0623. The molecule has 2 aliphatic heterocycles. The summed E-state index contributed by atoms with van der Waals surface area (Å²) >= 11 is 0. The standard InChI is InChI=1S/C49H58N4O6S2/c1-52-19-4-2-3-17-49-18-14-36(54)11-8-31-10-13-44(56)47(23-31)59-21-16-32-9-12-43(55)41(22-32)40-26-45(57)37-15-20-53-42(37)7-5-6-33-24-39(48(50)51)34(25-38(33)40)29-60-61-30-35(27-49)46(58)28-49/h9-10,12-15,18,20,22-25,35,40,46,48,52,55-58H,2-4,7-8,11,16-17,19,21,26-30,50-51H2,1H3/p-1. The third-order valence-corrected chi connectivity index (χ3v) is 14.9. The topological polar surface area (TPSA) is 186 Å². The summed E-state index contributed by atoms with van der Waals surface area (Å²) < 4.78 is 6.12. The van der Waals surface area contributed by atoms with Crippen molar-refractivity contribution in [3.8, 4) is 29.1 Å². The molecule has 8 N–H and O–H groups in total. The highest BCUT2D eigenvalue weighted by molar-refractivity contribution is 8.76. The van der Waals surface area contributed by atoms with E-state index in [1.807, 2.05) is 31.3 Å². The molecule has 0 radical (unpaired) electrons. The molecule has 4 atom stereocenters. The molecule has 10 nitrogen and oxygen atoms in total. The highest BCUT2D eigenvalue weighted by Crippen LogP contribution is 2.49. The number of rotatable bonds is 7. The van der Waals surface area contributed by atoms with Crippen LogP contribution in [0.2, 0.25) is 0 Å². The molecular formula is C49H57N4O6S2-. The Balaban J connectivity index is 1.25. The lowest BCUT2D eigenvalue weighted by Gasteiger charge is -2.28. The maximum absolute atomic E-state index is 14.1. The number of nitrogens with zero attached hydrogens (tertiary/aromatic N) is 1. The smallest absolute Gasteiger partial charge is 0.161 e. The minimum absolute atomic E-state index is 0.00697. The maximum Gasteiger partial charge on any atom is 0.161 e. The fourth-order valence-electron chi connectivity index (χ4n) is 9.06. The Bertz CT molecular complexity index is 2280. The number of hydrogen-bond acceptors (Lipinski definition) is 12. The minimum atomic E-state index is -0.778. The average molecular weight is 862 g/mol. The van der Waals surface area contributed by atoms with Crippen LogP contribution in [0.3, 0.4) is 0 Å². The second-order valence-electron chi connectivity index (χ2n) is 16.8. The van der Waals surface area contributed by atoms with E-state index in [0.717, 1.165) is 72.2 Å². The number of hydrogen-bond donors (Lipinski definition) is 6. The van der Waals surface area contributed by atoms with E-state index in [0.29, 0.717) is 66.0 Å². The van der Waals surface area contributed by atoms with Gasteiger partial charge >= 0.3 is 0 Å². The highest BCUT2D eigenvalue weighted by atomic mass is 33.1. The van der Waals surface area contributed by atoms with Crippen LogP contribution >= 0.6 is 21.6 Å². The summed E-state index contributed by atoms with van der Waals surface area (Å²) in [4.78, 5) is 17.8. The van der Waals surface area contributed by atoms with Crippen molar-refractivity contribution in [2.75, 3.05) is 26.0 Å². The van der Waals surface area contributed by atoms with Gasteiger partial charge in [0, 0.05) is 47.6 Å². The van der Waals surface area contributed by atoms with Crippen molar-refractivity contribution in [3.05, 3.63) is 123 Å². The molecule has 0 saturated heterocycles. The van der Waals surface area contributed by atoms with Crippen molar-refractivity contribution in [3.63, 3.8) is 0 Å². The van der Waals surface area contributed by atoms with Gasteiger partial charge in [-0.2, -0.15) is 0 Å². The Morgan fingerprint density at radius 3 is 2.62 bits per heavy atom. The monoisotopic (exact) mass is 861 g/mol. The first-order valence-electron chi connectivity index (χ1n) is 21.4. The van der Waals surface area contributed by atoms with Gasteiger partial charge in [-0.25, -0.2) is 0 Å². The van der Waals surface area contributed by atoms with E-state index in [4.69, 9.17) is 16.2 Å². The molecule has 4 unspecified atom stereocenters. The maximum atomic E-state index is 14.1. The number of nitrogens with two attached hydrogens (primary N) is 2. The number of aliphatic imine (C=N–C) groups is 1. The first-order valence-corrected chi connectivity index (χ1v) is 23.9. The summed E-state index contributed by atoms with van der Waals surface area (Å²) in [7, 11) is 5.35. The van der Waals surface area contributed by atoms with Crippen LogP contribution in [0, 0.1) is 23.2 Å². The van der Waals surface area contributed by atoms with Crippen LogP contribution < -0.4 is 26.6 Å². The predicted molar refractivity (Wildman–Crippen MR) is 244 cm³/mol. The number of phenolic OH excluding ortho intramolecular Hbond substituents is 2. The van der Waals surface area contributed by atoms with Gasteiger partial charge < -0.3 is 41.9 Å². The number of ether oxygens (including phenoxy) is 1. The van der Waals surface area contributed by atoms with Crippen molar-refractivity contribution in [2.24, 2.45) is 27.8 Å². The molecule has 322 valence electrons. The number of aromatic hydroxyl groups is 2. The van der Waals surface area contributed by atoms with E-state index >= 15 is 0 Å². The SMILES string of the molecule is CNCCCCCC12C=CC(=O)CCc3ccc(O)c(c3)OCCc3ccc(O)c(c3)C3CC([O-])=C4C=CN=C4CC#Cc4cc(C(N)N)c(cc43)CSSCC(C1)C(O)C2. The third-order valence-electron chi connectivity index (χ3n) is 12.4. The fraction of sp³-hybridized carbons (Fsp3) is 0.429. The van der Waals surface area contributed by atoms with Crippen LogP contribution in [0.5, 0.6) is 17.2 Å². The van der Waals surface area contributed by atoms with E-state index in [9.17, 15) is 25.2 Å². The number of unbranched alkanes of at least 4 members (excludes halogenated alkanes) is 2. The van der Waals surface area contributed by atoms with Crippen LogP contribution in [0.15, 0.2) is 89.3 Å². The normalized spacial score (nSPS) is 23.3. The van der Waals surface area contributed by atoms with Crippen molar-refractivity contribution >= 4 is 33.1 Å². The second-order valence-corrected chi connectivity index (χ2v) is 19.3. The molecular weight excluding hydrogens is 805 g/mol. The summed E-state index contributed by atoms with van der Waals surface area (Å²) in [6.45, 7) is 1.19. The zero-order valence-electron chi connectivity index (χ0n) is 34.8. The second kappa shape index (κ2) is 20.6. The van der Waals surface area contributed by atoms with Gasteiger partial charge in [0.1, 0.15) is 5.75 Å². The van der Waals surface area contributed by atoms with E-state index in [1.165, 1.54) is 0 Å². The summed E-state index contributed by atoms with van der Waals surface area (Å²) in [6.07, 6.45) is 13.1. The first-order chi connectivity index (χ1) is 29.5. The van der Waals surface area contributed by atoms with Gasteiger partial charge in [-0.05, 0) is 133 Å². The summed E-state index contributed by atoms with van der Waals surface area (Å²) in [5.74, 6) is 7.70. The molecule has 12 heteroatoms. The molecule has 0 aromatic heterocycles. The largest absolute Gasteiger partial charge is 0.875 e. The number of carbonyl (C=O) groups is 1. The number of nitrogens with one attached hydrogen (secondary N) is 1. The molecule has 1 fully saturated rings. The van der Waals surface area contributed by atoms with E-state index < -0.39 is 18.2 Å². The Hall–Kier alpha value is -4.48. The number of benzene rings is 3. The van der Waals surface area contributed by atoms with E-state index in [1.54, 1.807) is 58.1 Å². The van der Waals surface area contributed by atoms with Gasteiger partial charge in [0.2, 0.25) is 0 Å². The molecule has 61 heavy (non-hydrogen) atoms. The number of ketones is 1. The summed E-state index contributed by atoms with van der Waals surface area (Å²) in [6, 6.07) is 14.6. The van der Waals surface area contributed by atoms with E-state index in [2.05, 4.69) is 34.3 Å². The Kier molecular flexibility index (Phi) is 15.0. The zero-order chi connectivity index (χ0) is 42.9. The van der Waals surface area contributed by atoms with Crippen LogP contribution in [-0.2, 0) is 23.4 Å². The van der Waals surface area contributed by atoms with Gasteiger partial charge in [-0.15, -0.1) is 5.76 Å². The molecule has 3 aromatic carbocycles. The fourth-order valence-corrected chi connectivity index (χ4v) is 11.6. The van der Waals surface area contributed by atoms with Crippen LogP contribution in [0.1, 0.15) is 109 Å². The van der Waals surface area contributed by atoms with Gasteiger partial charge in [-0.3, -0.25) is 9.79 Å². The number of aliphatic hydroxyl groups excluding tert-OH is 1. The number of aliphatic hydroxyl groups is 1. The molecule has 0 amide bonds.